The summed E-state index contributed by atoms with van der Waals surface area (Å²) in [5.74, 6) is -0.247. The van der Waals surface area contributed by atoms with Gasteiger partial charge in [-0.2, -0.15) is 0 Å². The molecule has 0 bridgehead atoms. The van der Waals surface area contributed by atoms with Gasteiger partial charge in [-0.1, -0.05) is 19.1 Å². The number of rotatable bonds is 4. The molecule has 0 aliphatic carbocycles. The molecule has 0 saturated heterocycles. The number of thiocarbonyl (C=S) groups is 1. The maximum atomic E-state index is 13.5. The van der Waals surface area contributed by atoms with E-state index in [0.29, 0.717) is 23.4 Å². The standard InChI is InChI=1S/C14H13FN2O2S/c1-2-12-9(5-6-19-12)14(18)17-8-3-4-11(15)10(7-8)13(16)20/h3-7H,2H2,1H3,(H2,16,20)(H,17,18). The number of hydrogen-bond acceptors (Lipinski definition) is 3. The molecule has 2 aromatic rings. The number of carbonyl (C=O) groups excluding carboxylic acids is 1. The largest absolute Gasteiger partial charge is 0.469 e. The molecule has 0 atom stereocenters. The second-order valence-electron chi connectivity index (χ2n) is 4.12. The van der Waals surface area contributed by atoms with Crippen molar-refractivity contribution in [3.63, 3.8) is 0 Å². The Hall–Kier alpha value is -2.21. The van der Waals surface area contributed by atoms with Gasteiger partial charge in [-0.25, -0.2) is 4.39 Å². The zero-order chi connectivity index (χ0) is 14.7. The molecule has 4 nitrogen and oxygen atoms in total. The van der Waals surface area contributed by atoms with Crippen LogP contribution in [0.25, 0.3) is 0 Å². The smallest absolute Gasteiger partial charge is 0.259 e. The average Bonchev–Trinajstić information content (AvgIpc) is 2.89. The third-order valence-corrected chi connectivity index (χ3v) is 3.02. The predicted octanol–water partition coefficient (Wildman–Crippen LogP) is 2.87. The van der Waals surface area contributed by atoms with Gasteiger partial charge in [0.25, 0.3) is 5.91 Å². The summed E-state index contributed by atoms with van der Waals surface area (Å²) in [5, 5.41) is 2.66. The monoisotopic (exact) mass is 292 g/mol. The van der Waals surface area contributed by atoms with Crippen LogP contribution in [0.2, 0.25) is 0 Å². The van der Waals surface area contributed by atoms with E-state index in [0.717, 1.165) is 0 Å². The van der Waals surface area contributed by atoms with Crippen molar-refractivity contribution in [3.8, 4) is 0 Å². The third kappa shape index (κ3) is 2.85. The summed E-state index contributed by atoms with van der Waals surface area (Å²) in [7, 11) is 0. The van der Waals surface area contributed by atoms with Crippen LogP contribution in [0.3, 0.4) is 0 Å². The first-order valence-corrected chi connectivity index (χ1v) is 6.40. The molecule has 0 aliphatic heterocycles. The molecular weight excluding hydrogens is 279 g/mol. The quantitative estimate of drug-likeness (QED) is 0.850. The van der Waals surface area contributed by atoms with E-state index in [9.17, 15) is 9.18 Å². The molecule has 0 radical (unpaired) electrons. The molecular formula is C14H13FN2O2S. The van der Waals surface area contributed by atoms with Crippen LogP contribution < -0.4 is 11.1 Å². The average molecular weight is 292 g/mol. The van der Waals surface area contributed by atoms with Crippen molar-refractivity contribution in [1.29, 1.82) is 0 Å². The Morgan fingerprint density at radius 3 is 2.80 bits per heavy atom. The Balaban J connectivity index is 2.24. The van der Waals surface area contributed by atoms with E-state index < -0.39 is 5.82 Å². The molecule has 0 aliphatic rings. The number of amides is 1. The summed E-state index contributed by atoms with van der Waals surface area (Å²) in [6.45, 7) is 1.89. The molecule has 1 amide bonds. The number of nitrogens with one attached hydrogen (secondary N) is 1. The Morgan fingerprint density at radius 2 is 2.15 bits per heavy atom. The molecule has 1 aromatic heterocycles. The van der Waals surface area contributed by atoms with E-state index in [1.165, 1.54) is 24.5 Å². The van der Waals surface area contributed by atoms with Gasteiger partial charge in [0.1, 0.15) is 16.6 Å². The van der Waals surface area contributed by atoms with Crippen molar-refractivity contribution in [2.45, 2.75) is 13.3 Å². The second-order valence-corrected chi connectivity index (χ2v) is 4.56. The summed E-state index contributed by atoms with van der Waals surface area (Å²) in [6, 6.07) is 5.65. The minimum Gasteiger partial charge on any atom is -0.469 e. The lowest BCUT2D eigenvalue weighted by atomic mass is 10.1. The highest BCUT2D eigenvalue weighted by molar-refractivity contribution is 7.80. The highest BCUT2D eigenvalue weighted by atomic mass is 32.1. The fourth-order valence-electron chi connectivity index (χ4n) is 1.81. The van der Waals surface area contributed by atoms with Crippen molar-refractivity contribution in [2.75, 3.05) is 5.32 Å². The summed E-state index contributed by atoms with van der Waals surface area (Å²) < 4.78 is 18.6. The van der Waals surface area contributed by atoms with Crippen LogP contribution in [-0.2, 0) is 6.42 Å². The van der Waals surface area contributed by atoms with Crippen LogP contribution in [0, 0.1) is 5.82 Å². The Morgan fingerprint density at radius 1 is 1.40 bits per heavy atom. The van der Waals surface area contributed by atoms with Crippen molar-refractivity contribution in [1.82, 2.24) is 0 Å². The van der Waals surface area contributed by atoms with E-state index in [1.807, 2.05) is 6.92 Å². The van der Waals surface area contributed by atoms with Crippen LogP contribution in [0.15, 0.2) is 34.9 Å². The lowest BCUT2D eigenvalue weighted by molar-refractivity contribution is 0.102. The summed E-state index contributed by atoms with van der Waals surface area (Å²) in [4.78, 5) is 12.0. The van der Waals surface area contributed by atoms with E-state index in [1.54, 1.807) is 6.07 Å². The van der Waals surface area contributed by atoms with Crippen LogP contribution in [0.5, 0.6) is 0 Å². The molecule has 1 heterocycles. The van der Waals surface area contributed by atoms with Gasteiger partial charge in [-0.3, -0.25) is 4.79 Å². The maximum absolute atomic E-state index is 13.5. The first-order chi connectivity index (χ1) is 9.52. The normalized spacial score (nSPS) is 10.3. The van der Waals surface area contributed by atoms with Gasteiger partial charge in [0.05, 0.1) is 11.8 Å². The van der Waals surface area contributed by atoms with E-state index in [2.05, 4.69) is 5.32 Å². The topological polar surface area (TPSA) is 68.3 Å². The molecule has 6 heteroatoms. The molecule has 1 aromatic carbocycles. The number of nitrogens with two attached hydrogens (primary N) is 1. The minimum absolute atomic E-state index is 0.0591. The molecule has 0 unspecified atom stereocenters. The number of hydrogen-bond donors (Lipinski definition) is 2. The first-order valence-electron chi connectivity index (χ1n) is 6.00. The summed E-state index contributed by atoms with van der Waals surface area (Å²) >= 11 is 4.75. The van der Waals surface area contributed by atoms with Gasteiger partial charge in [-0.15, -0.1) is 0 Å². The van der Waals surface area contributed by atoms with E-state index in [-0.39, 0.29) is 16.5 Å². The fourth-order valence-corrected chi connectivity index (χ4v) is 1.96. The van der Waals surface area contributed by atoms with Crippen molar-refractivity contribution in [2.24, 2.45) is 5.73 Å². The summed E-state index contributed by atoms with van der Waals surface area (Å²) in [5.41, 5.74) is 6.39. The lowest BCUT2D eigenvalue weighted by Gasteiger charge is -2.07. The number of halogens is 1. The van der Waals surface area contributed by atoms with Gasteiger partial charge in [0, 0.05) is 17.7 Å². The van der Waals surface area contributed by atoms with Gasteiger partial charge in [-0.05, 0) is 24.3 Å². The van der Waals surface area contributed by atoms with Gasteiger partial charge >= 0.3 is 0 Å². The fraction of sp³-hybridized carbons (Fsp3) is 0.143. The highest BCUT2D eigenvalue weighted by Crippen LogP contribution is 2.17. The SMILES string of the molecule is CCc1occc1C(=O)Nc1ccc(F)c(C(N)=S)c1. The Labute approximate surface area is 120 Å². The number of carbonyl (C=O) groups is 1. The molecule has 20 heavy (non-hydrogen) atoms. The molecule has 104 valence electrons. The van der Waals surface area contributed by atoms with Crippen molar-refractivity contribution >= 4 is 28.8 Å². The molecule has 3 N–H and O–H groups in total. The third-order valence-electron chi connectivity index (χ3n) is 2.80. The van der Waals surface area contributed by atoms with E-state index in [4.69, 9.17) is 22.4 Å². The summed E-state index contributed by atoms with van der Waals surface area (Å²) in [6.07, 6.45) is 2.07. The van der Waals surface area contributed by atoms with Crippen LogP contribution in [-0.4, -0.2) is 10.9 Å². The molecule has 0 saturated carbocycles. The van der Waals surface area contributed by atoms with Crippen LogP contribution in [0.4, 0.5) is 10.1 Å². The van der Waals surface area contributed by atoms with Gasteiger partial charge < -0.3 is 15.5 Å². The number of benzene rings is 1. The van der Waals surface area contributed by atoms with Gasteiger partial charge in [0.2, 0.25) is 0 Å². The van der Waals surface area contributed by atoms with E-state index >= 15 is 0 Å². The Bertz CT molecular complexity index is 667. The minimum atomic E-state index is -0.520. The lowest BCUT2D eigenvalue weighted by Crippen LogP contribution is -2.15. The zero-order valence-corrected chi connectivity index (χ0v) is 11.6. The van der Waals surface area contributed by atoms with Crippen LogP contribution in [0.1, 0.15) is 28.6 Å². The number of anilines is 1. The predicted molar refractivity (Wildman–Crippen MR) is 78.3 cm³/mol. The zero-order valence-electron chi connectivity index (χ0n) is 10.8. The first kappa shape index (κ1) is 14.2. The molecule has 0 spiro atoms. The molecule has 2 rings (SSSR count). The second kappa shape index (κ2) is 5.83. The highest BCUT2D eigenvalue weighted by Gasteiger charge is 2.14. The molecule has 0 fully saturated rings. The van der Waals surface area contributed by atoms with Crippen molar-refractivity contribution < 1.29 is 13.6 Å². The number of furan rings is 1. The maximum Gasteiger partial charge on any atom is 0.259 e. The van der Waals surface area contributed by atoms with Crippen LogP contribution >= 0.6 is 12.2 Å². The number of aryl methyl sites for hydroxylation is 1. The van der Waals surface area contributed by atoms with Crippen molar-refractivity contribution in [3.05, 3.63) is 53.2 Å². The van der Waals surface area contributed by atoms with Gasteiger partial charge in [0.15, 0.2) is 0 Å². The Kier molecular flexibility index (Phi) is 4.14.